The van der Waals surface area contributed by atoms with Crippen molar-refractivity contribution in [2.45, 2.75) is 19.9 Å². The second kappa shape index (κ2) is 9.95. The smallest absolute Gasteiger partial charge is 0.155 e. The summed E-state index contributed by atoms with van der Waals surface area (Å²) in [5.74, 6) is 0.736. The van der Waals surface area contributed by atoms with Gasteiger partial charge in [0.1, 0.15) is 0 Å². The van der Waals surface area contributed by atoms with E-state index in [-0.39, 0.29) is 6.04 Å². The molecular formula is C29H22Br2N2S. The van der Waals surface area contributed by atoms with Gasteiger partial charge in [0, 0.05) is 40.4 Å². The number of nitrogens with zero attached hydrogens (tertiary/aromatic N) is 2. The summed E-state index contributed by atoms with van der Waals surface area (Å²) in [6.45, 7) is 4.19. The Bertz CT molecular complexity index is 1530. The Morgan fingerprint density at radius 2 is 1.44 bits per heavy atom. The first-order chi connectivity index (χ1) is 16.5. The van der Waals surface area contributed by atoms with Crippen LogP contribution in [0.3, 0.4) is 0 Å². The Morgan fingerprint density at radius 3 is 2.21 bits per heavy atom. The molecule has 1 heterocycles. The minimum absolute atomic E-state index is 0.0437. The first-order valence-corrected chi connectivity index (χ1v) is 13.4. The molecule has 0 N–H and O–H groups in total. The highest BCUT2D eigenvalue weighted by atomic mass is 79.9. The minimum Gasteiger partial charge on any atom is -0.258 e. The number of hydrogen-bond donors (Lipinski definition) is 0. The van der Waals surface area contributed by atoms with Crippen molar-refractivity contribution < 1.29 is 0 Å². The molecule has 1 atom stereocenters. The molecule has 0 aliphatic heterocycles. The van der Waals surface area contributed by atoms with Crippen LogP contribution in [0.25, 0.3) is 20.2 Å². The van der Waals surface area contributed by atoms with E-state index in [1.54, 1.807) is 0 Å². The van der Waals surface area contributed by atoms with Crippen LogP contribution in [0.1, 0.15) is 36.6 Å². The number of amidine groups is 1. The molecule has 0 fully saturated rings. The molecule has 0 saturated carbocycles. The topological polar surface area (TPSA) is 24.7 Å². The van der Waals surface area contributed by atoms with E-state index in [0.29, 0.717) is 0 Å². The standard InChI is InChI=1S/C29H22Br2N2S/c1-18(21-15-22(30)17-23(31)16-21)32-29(20-9-4-3-5-10-20)33-19(2)24-12-8-13-26-25-11-6-7-14-27(25)34-28(24)26/h3-17,19H,1-2H3/b32-18+,33-29-. The number of rotatable bonds is 4. The predicted molar refractivity (Wildman–Crippen MR) is 155 cm³/mol. The monoisotopic (exact) mass is 588 g/mol. The summed E-state index contributed by atoms with van der Waals surface area (Å²) in [5.41, 5.74) is 4.19. The second-order valence-electron chi connectivity index (χ2n) is 8.17. The van der Waals surface area contributed by atoms with Gasteiger partial charge in [0.2, 0.25) is 0 Å². The van der Waals surface area contributed by atoms with Crippen LogP contribution in [0.15, 0.2) is 110 Å². The van der Waals surface area contributed by atoms with Gasteiger partial charge in [0.15, 0.2) is 5.84 Å². The lowest BCUT2D eigenvalue weighted by Gasteiger charge is -2.12. The van der Waals surface area contributed by atoms with E-state index in [9.17, 15) is 0 Å². The number of hydrogen-bond acceptors (Lipinski definition) is 2. The average molecular weight is 590 g/mol. The molecule has 2 nitrogen and oxygen atoms in total. The normalized spacial score (nSPS) is 13.5. The minimum atomic E-state index is -0.0437. The van der Waals surface area contributed by atoms with Crippen LogP contribution >= 0.6 is 43.2 Å². The largest absolute Gasteiger partial charge is 0.258 e. The molecule has 5 aromatic rings. The van der Waals surface area contributed by atoms with Crippen molar-refractivity contribution in [3.8, 4) is 0 Å². The maximum Gasteiger partial charge on any atom is 0.155 e. The van der Waals surface area contributed by atoms with Gasteiger partial charge in [0.05, 0.1) is 6.04 Å². The van der Waals surface area contributed by atoms with E-state index in [0.717, 1.165) is 31.6 Å². The zero-order chi connectivity index (χ0) is 23.7. The average Bonchev–Trinajstić information content (AvgIpc) is 3.22. The molecule has 168 valence electrons. The van der Waals surface area contributed by atoms with Crippen LogP contribution in [0, 0.1) is 0 Å². The van der Waals surface area contributed by atoms with Crippen LogP contribution in [0.4, 0.5) is 0 Å². The van der Waals surface area contributed by atoms with Crippen molar-refractivity contribution in [2.24, 2.45) is 9.98 Å². The van der Waals surface area contributed by atoms with Gasteiger partial charge < -0.3 is 0 Å². The Hall–Kier alpha value is -2.60. The second-order valence-corrected chi connectivity index (χ2v) is 11.1. The SMILES string of the molecule is C/C(=N\C(=N/C(C)c1cccc2c1sc1ccccc12)c1ccccc1)c1cc(Br)cc(Br)c1. The summed E-state index contributed by atoms with van der Waals surface area (Å²) in [7, 11) is 0. The van der Waals surface area contributed by atoms with Crippen LogP contribution in [0.5, 0.6) is 0 Å². The number of benzene rings is 4. The molecule has 4 aromatic carbocycles. The lowest BCUT2D eigenvalue weighted by molar-refractivity contribution is 0.828. The molecule has 1 unspecified atom stereocenters. The van der Waals surface area contributed by atoms with E-state index < -0.39 is 0 Å². The number of aliphatic imine (C=N–C) groups is 2. The van der Waals surface area contributed by atoms with E-state index in [1.807, 2.05) is 42.5 Å². The van der Waals surface area contributed by atoms with Gasteiger partial charge in [-0.05, 0) is 49.2 Å². The van der Waals surface area contributed by atoms with Crippen molar-refractivity contribution in [3.05, 3.63) is 117 Å². The van der Waals surface area contributed by atoms with E-state index in [4.69, 9.17) is 9.98 Å². The zero-order valence-electron chi connectivity index (χ0n) is 18.8. The summed E-state index contributed by atoms with van der Waals surface area (Å²) in [6.07, 6.45) is 0. The Morgan fingerprint density at radius 1 is 0.765 bits per heavy atom. The summed E-state index contributed by atoms with van der Waals surface area (Å²) in [4.78, 5) is 10.2. The van der Waals surface area contributed by atoms with Crippen LogP contribution in [0.2, 0.25) is 0 Å². The summed E-state index contributed by atoms with van der Waals surface area (Å²) >= 11 is 9.01. The van der Waals surface area contributed by atoms with Crippen molar-refractivity contribution in [3.63, 3.8) is 0 Å². The van der Waals surface area contributed by atoms with Crippen molar-refractivity contribution >= 4 is 74.9 Å². The van der Waals surface area contributed by atoms with E-state index in [2.05, 4.69) is 106 Å². The van der Waals surface area contributed by atoms with Gasteiger partial charge in [-0.15, -0.1) is 11.3 Å². The van der Waals surface area contributed by atoms with Crippen molar-refractivity contribution in [1.82, 2.24) is 0 Å². The highest BCUT2D eigenvalue weighted by molar-refractivity contribution is 9.11. The molecule has 0 bridgehead atoms. The molecule has 0 aliphatic rings. The van der Waals surface area contributed by atoms with Gasteiger partial charge >= 0.3 is 0 Å². The lowest BCUT2D eigenvalue weighted by Crippen LogP contribution is -2.06. The summed E-state index contributed by atoms with van der Waals surface area (Å²) in [6, 6.07) is 31.5. The van der Waals surface area contributed by atoms with Gasteiger partial charge in [-0.25, -0.2) is 4.99 Å². The summed E-state index contributed by atoms with van der Waals surface area (Å²) < 4.78 is 4.62. The Labute approximate surface area is 220 Å². The quantitative estimate of drug-likeness (QED) is 0.147. The molecule has 0 saturated heterocycles. The summed E-state index contributed by atoms with van der Waals surface area (Å²) in [5, 5.41) is 2.60. The highest BCUT2D eigenvalue weighted by Crippen LogP contribution is 2.38. The number of halogens is 2. The number of fused-ring (bicyclic) bond motifs is 3. The van der Waals surface area contributed by atoms with Crippen molar-refractivity contribution in [2.75, 3.05) is 0 Å². The zero-order valence-corrected chi connectivity index (χ0v) is 22.8. The fraction of sp³-hybridized carbons (Fsp3) is 0.103. The van der Waals surface area contributed by atoms with Crippen LogP contribution in [-0.2, 0) is 0 Å². The third kappa shape index (κ3) is 4.78. The third-order valence-electron chi connectivity index (χ3n) is 5.79. The fourth-order valence-corrected chi connectivity index (χ4v) is 6.68. The Balaban J connectivity index is 1.62. The predicted octanol–water partition coefficient (Wildman–Crippen LogP) is 9.60. The fourth-order valence-electron chi connectivity index (χ4n) is 4.09. The Kier molecular flexibility index (Phi) is 6.77. The first-order valence-electron chi connectivity index (χ1n) is 11.0. The molecule has 0 amide bonds. The molecule has 34 heavy (non-hydrogen) atoms. The van der Waals surface area contributed by atoms with Crippen LogP contribution < -0.4 is 0 Å². The molecular weight excluding hydrogens is 568 g/mol. The van der Waals surface area contributed by atoms with Gasteiger partial charge in [0.25, 0.3) is 0 Å². The lowest BCUT2D eigenvalue weighted by atomic mass is 10.0. The van der Waals surface area contributed by atoms with Crippen molar-refractivity contribution in [1.29, 1.82) is 0 Å². The van der Waals surface area contributed by atoms with E-state index >= 15 is 0 Å². The molecule has 0 spiro atoms. The van der Waals surface area contributed by atoms with Crippen LogP contribution in [-0.4, -0.2) is 11.5 Å². The highest BCUT2D eigenvalue weighted by Gasteiger charge is 2.15. The maximum absolute atomic E-state index is 5.16. The molecule has 0 aliphatic carbocycles. The van der Waals surface area contributed by atoms with Gasteiger partial charge in [-0.2, -0.15) is 0 Å². The first kappa shape index (κ1) is 23.2. The van der Waals surface area contributed by atoms with E-state index in [1.165, 1.54) is 25.7 Å². The third-order valence-corrected chi connectivity index (χ3v) is 7.94. The maximum atomic E-state index is 5.16. The molecule has 5 heteroatoms. The number of thiophene rings is 1. The molecule has 1 aromatic heterocycles. The molecule has 0 radical (unpaired) electrons. The van der Waals surface area contributed by atoms with Gasteiger partial charge in [-0.1, -0.05) is 98.6 Å². The molecule has 5 rings (SSSR count). The van der Waals surface area contributed by atoms with Gasteiger partial charge in [-0.3, -0.25) is 4.99 Å².